The molecule has 0 radical (unpaired) electrons. The Hall–Kier alpha value is -4.54. The van der Waals surface area contributed by atoms with Crippen LogP contribution in [0.1, 0.15) is 49.3 Å². The molecule has 1 aromatic carbocycles. The van der Waals surface area contributed by atoms with E-state index in [1.807, 2.05) is 37.3 Å². The molecular formula is C38H40F3N7. The molecule has 0 bridgehead atoms. The molecule has 2 N–H and O–H groups in total. The summed E-state index contributed by atoms with van der Waals surface area (Å²) in [5.74, 6) is -2.87. The lowest BCUT2D eigenvalue weighted by Crippen LogP contribution is -2.24. The first-order chi connectivity index (χ1) is 23.2. The van der Waals surface area contributed by atoms with Crippen molar-refractivity contribution in [1.82, 2.24) is 34.9 Å². The van der Waals surface area contributed by atoms with E-state index in [1.165, 1.54) is 12.8 Å². The molecule has 7 nitrogen and oxygen atoms in total. The second-order valence-electron chi connectivity index (χ2n) is 13.2. The molecule has 0 aliphatic carbocycles. The van der Waals surface area contributed by atoms with Gasteiger partial charge in [0.1, 0.15) is 11.5 Å². The summed E-state index contributed by atoms with van der Waals surface area (Å²) in [6.07, 6.45) is 13.4. The van der Waals surface area contributed by atoms with Crippen LogP contribution in [0.15, 0.2) is 61.1 Å². The fourth-order valence-electron chi connectivity index (χ4n) is 6.89. The van der Waals surface area contributed by atoms with Crippen LogP contribution < -0.4 is 10.6 Å². The number of aromatic amines is 2. The zero-order chi connectivity index (χ0) is 33.3. The standard InChI is InChI=1S/C38H40F3N7/c1-25(30-17-28(21-42-22-30)23-48-15-10-38(40,41)24-48)7-8-33-26(2)36(46-45-33)35-20-32-34(44-35)9-11-43-37(32)29-16-27(18-31(39)19-29)6-5-14-47-12-3-4-13-47/h7-9,11,16-22,44-45H,2-6,10,12-15,23-24H2,1H3/b25-7+,33-8+. The molecule has 4 aromatic heterocycles. The summed E-state index contributed by atoms with van der Waals surface area (Å²) in [7, 11) is 0. The minimum Gasteiger partial charge on any atom is -0.353 e. The van der Waals surface area contributed by atoms with Crippen LogP contribution in [0, 0.1) is 5.82 Å². The molecule has 0 saturated carbocycles. The maximum absolute atomic E-state index is 14.8. The van der Waals surface area contributed by atoms with Crippen molar-refractivity contribution in [3.8, 4) is 22.6 Å². The number of allylic oxidation sites excluding steroid dienone is 2. The van der Waals surface area contributed by atoms with Gasteiger partial charge in [0.15, 0.2) is 0 Å². The van der Waals surface area contributed by atoms with Crippen molar-refractivity contribution in [3.05, 3.63) is 94.1 Å². The number of fused-ring (bicyclic) bond motifs is 1. The summed E-state index contributed by atoms with van der Waals surface area (Å²) in [4.78, 5) is 16.7. The van der Waals surface area contributed by atoms with E-state index in [-0.39, 0.29) is 18.8 Å². The SMILES string of the molecule is C=c1c(-c2cc3c(-c4cc(F)cc(CCCN5CCCC5)c4)nccc3[nH]2)n[nH]/c1=C/C=C(\C)c1cncc(CN2CCC(F)(F)C2)c1. The number of aromatic nitrogens is 5. The molecule has 10 heteroatoms. The first kappa shape index (κ1) is 32.0. The third-order valence-corrected chi connectivity index (χ3v) is 9.48. The van der Waals surface area contributed by atoms with Crippen LogP contribution in [0.3, 0.4) is 0 Å². The average Bonchev–Trinajstić information content (AvgIpc) is 3.87. The highest BCUT2D eigenvalue weighted by Crippen LogP contribution is 2.31. The Balaban J connectivity index is 1.10. The fraction of sp³-hybridized carbons (Fsp3) is 0.342. The smallest absolute Gasteiger partial charge is 0.261 e. The number of likely N-dealkylation sites (tertiary alicyclic amines) is 2. The normalized spacial score (nSPS) is 17.7. The molecular weight excluding hydrogens is 611 g/mol. The van der Waals surface area contributed by atoms with E-state index in [4.69, 9.17) is 0 Å². The molecule has 48 heavy (non-hydrogen) atoms. The van der Waals surface area contributed by atoms with Crippen molar-refractivity contribution >= 4 is 29.1 Å². The van der Waals surface area contributed by atoms with Gasteiger partial charge in [-0.3, -0.25) is 20.0 Å². The Kier molecular flexibility index (Phi) is 9.02. The van der Waals surface area contributed by atoms with Crippen molar-refractivity contribution in [2.75, 3.05) is 32.7 Å². The lowest BCUT2D eigenvalue weighted by molar-refractivity contribution is 0.0115. The minimum atomic E-state index is -2.62. The zero-order valence-corrected chi connectivity index (χ0v) is 27.2. The van der Waals surface area contributed by atoms with Gasteiger partial charge in [0, 0.05) is 59.8 Å². The number of halogens is 3. The van der Waals surface area contributed by atoms with E-state index in [9.17, 15) is 13.2 Å². The molecule has 0 unspecified atom stereocenters. The number of nitrogens with one attached hydrogen (secondary N) is 2. The van der Waals surface area contributed by atoms with Gasteiger partial charge in [-0.05, 0) is 117 Å². The lowest BCUT2D eigenvalue weighted by Gasteiger charge is -2.15. The number of rotatable bonds is 10. The van der Waals surface area contributed by atoms with Crippen LogP contribution in [0.5, 0.6) is 0 Å². The summed E-state index contributed by atoms with van der Waals surface area (Å²) in [5.41, 5.74) is 7.59. The molecule has 5 aromatic rings. The molecule has 2 aliphatic rings. The Bertz CT molecular complexity index is 2070. The molecule has 248 valence electrons. The quantitative estimate of drug-likeness (QED) is 0.185. The first-order valence-electron chi connectivity index (χ1n) is 16.7. The Morgan fingerprint density at radius 3 is 2.69 bits per heavy atom. The molecule has 7 rings (SSSR count). The monoisotopic (exact) mass is 651 g/mol. The van der Waals surface area contributed by atoms with Crippen molar-refractivity contribution in [1.29, 1.82) is 0 Å². The average molecular weight is 652 g/mol. The maximum Gasteiger partial charge on any atom is 0.261 e. The molecule has 0 spiro atoms. The molecule has 2 aliphatic heterocycles. The van der Waals surface area contributed by atoms with Gasteiger partial charge in [-0.1, -0.05) is 12.7 Å². The molecule has 6 heterocycles. The van der Waals surface area contributed by atoms with Crippen molar-refractivity contribution < 1.29 is 13.2 Å². The molecule has 2 fully saturated rings. The summed E-state index contributed by atoms with van der Waals surface area (Å²) in [5, 5.41) is 10.0. The number of benzene rings is 1. The fourth-order valence-corrected chi connectivity index (χ4v) is 6.89. The van der Waals surface area contributed by atoms with Gasteiger partial charge in [-0.25, -0.2) is 13.2 Å². The maximum atomic E-state index is 14.8. The molecule has 0 amide bonds. The van der Waals surface area contributed by atoms with Crippen LogP contribution in [0.25, 0.3) is 51.8 Å². The third-order valence-electron chi connectivity index (χ3n) is 9.48. The van der Waals surface area contributed by atoms with E-state index < -0.39 is 5.92 Å². The van der Waals surface area contributed by atoms with E-state index in [1.54, 1.807) is 35.6 Å². The highest BCUT2D eigenvalue weighted by Gasteiger charge is 2.37. The Morgan fingerprint density at radius 2 is 1.88 bits per heavy atom. The van der Waals surface area contributed by atoms with Crippen LogP contribution >= 0.6 is 0 Å². The zero-order valence-electron chi connectivity index (χ0n) is 27.2. The highest BCUT2D eigenvalue weighted by molar-refractivity contribution is 5.96. The van der Waals surface area contributed by atoms with Crippen LogP contribution in [0.2, 0.25) is 0 Å². The number of hydrogen-bond donors (Lipinski definition) is 2. The number of aryl methyl sites for hydroxylation is 1. The second kappa shape index (κ2) is 13.5. The van der Waals surface area contributed by atoms with E-state index in [2.05, 4.69) is 42.7 Å². The number of alkyl halides is 2. The van der Waals surface area contributed by atoms with Crippen LogP contribution in [-0.4, -0.2) is 73.6 Å². The second-order valence-corrected chi connectivity index (χ2v) is 13.2. The minimum absolute atomic E-state index is 0.100. The van der Waals surface area contributed by atoms with Crippen molar-refractivity contribution in [2.24, 2.45) is 0 Å². The van der Waals surface area contributed by atoms with Gasteiger partial charge in [0.2, 0.25) is 0 Å². The van der Waals surface area contributed by atoms with Crippen molar-refractivity contribution in [3.63, 3.8) is 0 Å². The van der Waals surface area contributed by atoms with E-state index in [0.29, 0.717) is 18.8 Å². The highest BCUT2D eigenvalue weighted by atomic mass is 19.3. The summed E-state index contributed by atoms with van der Waals surface area (Å²) < 4.78 is 42.1. The summed E-state index contributed by atoms with van der Waals surface area (Å²) >= 11 is 0. The number of hydrogen-bond acceptors (Lipinski definition) is 5. The van der Waals surface area contributed by atoms with Crippen molar-refractivity contribution in [2.45, 2.75) is 51.5 Å². The first-order valence-corrected chi connectivity index (χ1v) is 16.7. The summed E-state index contributed by atoms with van der Waals surface area (Å²) in [6, 6.07) is 11.1. The van der Waals surface area contributed by atoms with Gasteiger partial charge in [-0.15, -0.1) is 0 Å². The van der Waals surface area contributed by atoms with Crippen LogP contribution in [0.4, 0.5) is 13.2 Å². The van der Waals surface area contributed by atoms with E-state index in [0.717, 1.165) is 93.2 Å². The Morgan fingerprint density at radius 1 is 1.02 bits per heavy atom. The van der Waals surface area contributed by atoms with Gasteiger partial charge in [-0.2, -0.15) is 5.10 Å². The van der Waals surface area contributed by atoms with Gasteiger partial charge in [0.05, 0.1) is 23.3 Å². The molecule has 2 saturated heterocycles. The van der Waals surface area contributed by atoms with Gasteiger partial charge in [0.25, 0.3) is 5.92 Å². The number of pyridine rings is 2. The topological polar surface area (TPSA) is 76.7 Å². The largest absolute Gasteiger partial charge is 0.353 e. The number of H-pyrrole nitrogens is 2. The predicted molar refractivity (Wildman–Crippen MR) is 185 cm³/mol. The lowest BCUT2D eigenvalue weighted by atomic mass is 10.0. The number of nitrogens with zero attached hydrogens (tertiary/aromatic N) is 5. The van der Waals surface area contributed by atoms with Gasteiger partial charge >= 0.3 is 0 Å². The van der Waals surface area contributed by atoms with Crippen LogP contribution in [-0.2, 0) is 13.0 Å². The van der Waals surface area contributed by atoms with E-state index >= 15 is 0 Å². The van der Waals surface area contributed by atoms with Gasteiger partial charge < -0.3 is 9.88 Å². The summed E-state index contributed by atoms with van der Waals surface area (Å²) in [6.45, 7) is 10.3. The Labute approximate surface area is 277 Å². The molecule has 0 atom stereocenters. The predicted octanol–water partition coefficient (Wildman–Crippen LogP) is 6.32. The third kappa shape index (κ3) is 7.15.